The van der Waals surface area contributed by atoms with E-state index in [1.807, 2.05) is 18.2 Å². The Morgan fingerprint density at radius 2 is 1.86 bits per heavy atom. The molecule has 1 atom stereocenters. The van der Waals surface area contributed by atoms with Crippen LogP contribution in [0.2, 0.25) is 0 Å². The van der Waals surface area contributed by atoms with E-state index in [0.717, 1.165) is 52.2 Å². The first-order valence-electron chi connectivity index (χ1n) is 9.44. The van der Waals surface area contributed by atoms with Crippen LogP contribution in [-0.4, -0.2) is 27.1 Å². The second kappa shape index (κ2) is 8.88. The van der Waals surface area contributed by atoms with E-state index in [-0.39, 0.29) is 11.5 Å². The van der Waals surface area contributed by atoms with Gasteiger partial charge in [0.05, 0.1) is 26.2 Å². The number of ether oxygens (including phenoxy) is 3. The standard InChI is InChI=1S/C22H27NO4S/c1-5-10-28-19-9-7-14-15(12-17(19)24)16(23)8-6-13-11-18(25-2)21(26-3)22(27-4)20(13)14/h7,9,11-12,16H,5-6,8,10,23H2,1-4H3/t16-/m0/s1. The Morgan fingerprint density at radius 1 is 1.11 bits per heavy atom. The van der Waals surface area contributed by atoms with Crippen molar-refractivity contribution < 1.29 is 14.2 Å². The van der Waals surface area contributed by atoms with Crippen LogP contribution in [0.4, 0.5) is 0 Å². The SMILES string of the molecule is CCCSc1ccc2c(cc1=O)[C@@H](N)CCc1cc(OC)c(OC)c(OC)c1-2. The molecule has 150 valence electrons. The van der Waals surface area contributed by atoms with Gasteiger partial charge < -0.3 is 19.9 Å². The number of rotatable bonds is 6. The molecule has 1 aliphatic rings. The van der Waals surface area contributed by atoms with Crippen LogP contribution in [0.1, 0.15) is 36.9 Å². The van der Waals surface area contributed by atoms with Gasteiger partial charge in [-0.25, -0.2) is 0 Å². The Balaban J connectivity index is 2.34. The quantitative estimate of drug-likeness (QED) is 0.732. The second-order valence-corrected chi connectivity index (χ2v) is 7.89. The van der Waals surface area contributed by atoms with Gasteiger partial charge in [-0.3, -0.25) is 4.79 Å². The number of thioether (sulfide) groups is 1. The fourth-order valence-electron chi connectivity index (χ4n) is 3.66. The molecule has 0 spiro atoms. The molecule has 3 rings (SSSR count). The van der Waals surface area contributed by atoms with Gasteiger partial charge in [-0.2, -0.15) is 0 Å². The van der Waals surface area contributed by atoms with Crippen LogP contribution in [0.25, 0.3) is 11.1 Å². The third-order valence-corrected chi connectivity index (χ3v) is 6.27. The second-order valence-electron chi connectivity index (χ2n) is 6.75. The molecule has 2 aromatic carbocycles. The van der Waals surface area contributed by atoms with E-state index in [1.54, 1.807) is 39.2 Å². The summed E-state index contributed by atoms with van der Waals surface area (Å²) in [7, 11) is 4.82. The van der Waals surface area contributed by atoms with E-state index in [4.69, 9.17) is 19.9 Å². The average molecular weight is 402 g/mol. The van der Waals surface area contributed by atoms with E-state index < -0.39 is 0 Å². The number of hydrogen-bond acceptors (Lipinski definition) is 6. The van der Waals surface area contributed by atoms with Crippen molar-refractivity contribution in [1.82, 2.24) is 0 Å². The molecule has 28 heavy (non-hydrogen) atoms. The Morgan fingerprint density at radius 3 is 2.50 bits per heavy atom. The normalized spacial score (nSPS) is 15.2. The zero-order valence-electron chi connectivity index (χ0n) is 16.8. The van der Waals surface area contributed by atoms with Gasteiger partial charge in [0.25, 0.3) is 0 Å². The average Bonchev–Trinajstić information content (AvgIpc) is 2.94. The molecule has 0 saturated carbocycles. The number of hydrogen-bond donors (Lipinski definition) is 1. The van der Waals surface area contributed by atoms with Crippen LogP contribution >= 0.6 is 11.8 Å². The molecule has 0 bridgehead atoms. The van der Waals surface area contributed by atoms with Crippen LogP contribution in [0.3, 0.4) is 0 Å². The van der Waals surface area contributed by atoms with Crippen LogP contribution in [-0.2, 0) is 6.42 Å². The highest BCUT2D eigenvalue weighted by atomic mass is 32.2. The summed E-state index contributed by atoms with van der Waals surface area (Å²) in [5.41, 5.74) is 10.3. The molecule has 6 heteroatoms. The maximum Gasteiger partial charge on any atom is 0.203 e. The van der Waals surface area contributed by atoms with Crippen molar-refractivity contribution >= 4 is 11.8 Å². The predicted octanol–water partition coefficient (Wildman–Crippen LogP) is 4.19. The maximum atomic E-state index is 12.8. The zero-order chi connectivity index (χ0) is 20.3. The molecule has 0 aromatic heterocycles. The van der Waals surface area contributed by atoms with Gasteiger partial charge in [-0.1, -0.05) is 13.0 Å². The third kappa shape index (κ3) is 3.71. The highest BCUT2D eigenvalue weighted by Gasteiger charge is 2.27. The maximum absolute atomic E-state index is 12.8. The molecular formula is C22H27NO4S. The lowest BCUT2D eigenvalue weighted by molar-refractivity contribution is 0.324. The highest BCUT2D eigenvalue weighted by Crippen LogP contribution is 2.49. The van der Waals surface area contributed by atoms with E-state index in [9.17, 15) is 4.79 Å². The largest absolute Gasteiger partial charge is 0.493 e. The minimum Gasteiger partial charge on any atom is -0.493 e. The predicted molar refractivity (Wildman–Crippen MR) is 114 cm³/mol. The van der Waals surface area contributed by atoms with Crippen molar-refractivity contribution in [3.8, 4) is 28.4 Å². The lowest BCUT2D eigenvalue weighted by atomic mass is 9.95. The lowest BCUT2D eigenvalue weighted by Crippen LogP contribution is -2.12. The van der Waals surface area contributed by atoms with Crippen molar-refractivity contribution in [3.63, 3.8) is 0 Å². The Labute approximate surface area is 170 Å². The number of nitrogens with two attached hydrogens (primary N) is 1. The fraction of sp³-hybridized carbons (Fsp3) is 0.409. The molecule has 0 radical (unpaired) electrons. The van der Waals surface area contributed by atoms with E-state index in [1.165, 1.54) is 0 Å². The zero-order valence-corrected chi connectivity index (χ0v) is 17.7. The molecule has 0 saturated heterocycles. The van der Waals surface area contributed by atoms with Gasteiger partial charge in [0.2, 0.25) is 5.75 Å². The molecular weight excluding hydrogens is 374 g/mol. The molecule has 0 unspecified atom stereocenters. The molecule has 5 nitrogen and oxygen atoms in total. The topological polar surface area (TPSA) is 70.8 Å². The summed E-state index contributed by atoms with van der Waals surface area (Å²) in [6.45, 7) is 2.10. The summed E-state index contributed by atoms with van der Waals surface area (Å²) in [6, 6.07) is 7.35. The summed E-state index contributed by atoms with van der Waals surface area (Å²) >= 11 is 1.58. The van der Waals surface area contributed by atoms with E-state index >= 15 is 0 Å². The minimum atomic E-state index is -0.228. The number of methoxy groups -OCH3 is 3. The first-order valence-corrected chi connectivity index (χ1v) is 10.4. The van der Waals surface area contributed by atoms with Crippen LogP contribution in [0.5, 0.6) is 17.2 Å². The molecule has 2 aromatic rings. The summed E-state index contributed by atoms with van der Waals surface area (Å²) in [6.07, 6.45) is 2.51. The third-order valence-electron chi connectivity index (χ3n) is 5.01. The van der Waals surface area contributed by atoms with Gasteiger partial charge in [-0.05, 0) is 59.9 Å². The minimum absolute atomic E-state index is 0.0121. The Hall–Kier alpha value is -2.18. The van der Waals surface area contributed by atoms with E-state index in [2.05, 4.69) is 6.92 Å². The number of benzene rings is 1. The van der Waals surface area contributed by atoms with Crippen molar-refractivity contribution in [2.24, 2.45) is 5.73 Å². The lowest BCUT2D eigenvalue weighted by Gasteiger charge is -2.19. The summed E-state index contributed by atoms with van der Waals surface area (Å²) in [4.78, 5) is 13.5. The highest BCUT2D eigenvalue weighted by molar-refractivity contribution is 7.99. The van der Waals surface area contributed by atoms with Crippen molar-refractivity contribution in [2.45, 2.75) is 37.1 Å². The van der Waals surface area contributed by atoms with Crippen molar-refractivity contribution in [2.75, 3.05) is 27.1 Å². The van der Waals surface area contributed by atoms with E-state index in [0.29, 0.717) is 17.2 Å². The van der Waals surface area contributed by atoms with Crippen molar-refractivity contribution in [1.29, 1.82) is 0 Å². The smallest absolute Gasteiger partial charge is 0.203 e. The Kier molecular flexibility index (Phi) is 6.52. The Bertz CT molecular complexity index is 929. The van der Waals surface area contributed by atoms with Gasteiger partial charge in [0, 0.05) is 11.6 Å². The molecule has 1 aliphatic carbocycles. The van der Waals surface area contributed by atoms with Crippen LogP contribution in [0.15, 0.2) is 34.0 Å². The van der Waals surface area contributed by atoms with Crippen LogP contribution < -0.4 is 25.4 Å². The van der Waals surface area contributed by atoms with Crippen molar-refractivity contribution in [3.05, 3.63) is 45.6 Å². The first-order chi connectivity index (χ1) is 13.5. The molecule has 2 N–H and O–H groups in total. The molecule has 0 fully saturated rings. The van der Waals surface area contributed by atoms with Gasteiger partial charge in [-0.15, -0.1) is 11.8 Å². The van der Waals surface area contributed by atoms with Crippen LogP contribution in [0, 0.1) is 0 Å². The fourth-order valence-corrected chi connectivity index (χ4v) is 4.45. The number of aryl methyl sites for hydroxylation is 1. The molecule has 0 amide bonds. The molecule has 0 heterocycles. The first kappa shape index (κ1) is 20.6. The van der Waals surface area contributed by atoms with Gasteiger partial charge >= 0.3 is 0 Å². The summed E-state index contributed by atoms with van der Waals surface area (Å²) < 4.78 is 16.8. The molecule has 0 aliphatic heterocycles. The summed E-state index contributed by atoms with van der Waals surface area (Å²) in [5, 5.41) is 0. The van der Waals surface area contributed by atoms with Gasteiger partial charge in [0.15, 0.2) is 16.9 Å². The van der Waals surface area contributed by atoms with Gasteiger partial charge in [0.1, 0.15) is 0 Å². The summed E-state index contributed by atoms with van der Waals surface area (Å²) in [5.74, 6) is 2.67. The number of fused-ring (bicyclic) bond motifs is 3. The monoisotopic (exact) mass is 401 g/mol.